The molecular weight excluding hydrogens is 565 g/mol. The maximum Gasteiger partial charge on any atom is 0.417 e. The van der Waals surface area contributed by atoms with E-state index in [0.717, 1.165) is 12.3 Å². The minimum Gasteiger partial charge on any atom is -0.475 e. The molecule has 0 saturated carbocycles. The van der Waals surface area contributed by atoms with Gasteiger partial charge < -0.3 is 24.4 Å². The lowest BCUT2D eigenvalue weighted by molar-refractivity contribution is -0.141. The number of rotatable bonds is 5. The molecule has 2 fully saturated rings. The van der Waals surface area contributed by atoms with E-state index in [9.17, 15) is 18.0 Å². The lowest BCUT2D eigenvalue weighted by Crippen LogP contribution is -2.48. The van der Waals surface area contributed by atoms with Gasteiger partial charge in [-0.25, -0.2) is 14.8 Å². The number of alkyl halides is 3. The second-order valence-electron chi connectivity index (χ2n) is 10.5. The lowest BCUT2D eigenvalue weighted by Gasteiger charge is -2.36. The van der Waals surface area contributed by atoms with Crippen molar-refractivity contribution in [2.75, 3.05) is 41.4 Å². The van der Waals surface area contributed by atoms with Gasteiger partial charge in [-0.05, 0) is 38.5 Å². The first-order valence-corrected chi connectivity index (χ1v) is 13.3. The number of anilines is 3. The summed E-state index contributed by atoms with van der Waals surface area (Å²) in [6.45, 7) is 5.53. The van der Waals surface area contributed by atoms with E-state index in [4.69, 9.17) is 25.8 Å². The summed E-state index contributed by atoms with van der Waals surface area (Å²) < 4.78 is 57.1. The Bertz CT molecular complexity index is 1490. The fourth-order valence-electron chi connectivity index (χ4n) is 5.19. The largest absolute Gasteiger partial charge is 0.475 e. The average Bonchev–Trinajstić information content (AvgIpc) is 3.50. The molecule has 6 heterocycles. The number of carbonyl (C=O) groups excluding carboxylic acids is 1. The van der Waals surface area contributed by atoms with Gasteiger partial charge in [-0.1, -0.05) is 11.6 Å². The first-order chi connectivity index (χ1) is 19.5. The van der Waals surface area contributed by atoms with E-state index in [1.807, 2.05) is 13.8 Å². The summed E-state index contributed by atoms with van der Waals surface area (Å²) in [5, 5.41) is 3.04. The Labute approximate surface area is 238 Å². The zero-order valence-electron chi connectivity index (χ0n) is 22.1. The van der Waals surface area contributed by atoms with Crippen LogP contribution in [0.15, 0.2) is 42.9 Å². The van der Waals surface area contributed by atoms with Crippen LogP contribution in [0.5, 0.6) is 5.88 Å². The Morgan fingerprint density at radius 2 is 2.10 bits per heavy atom. The summed E-state index contributed by atoms with van der Waals surface area (Å²) in [6.07, 6.45) is -0.628. The summed E-state index contributed by atoms with van der Waals surface area (Å²) in [7, 11) is 0. The Morgan fingerprint density at radius 3 is 2.85 bits per heavy atom. The molecule has 2 saturated heterocycles. The third kappa shape index (κ3) is 5.61. The maximum absolute atomic E-state index is 13.7. The van der Waals surface area contributed by atoms with Crippen LogP contribution in [0, 0.1) is 0 Å². The normalized spacial score (nSPS) is 21.1. The van der Waals surface area contributed by atoms with E-state index < -0.39 is 23.6 Å². The smallest absolute Gasteiger partial charge is 0.417 e. The van der Waals surface area contributed by atoms with Crippen LogP contribution in [0.1, 0.15) is 25.8 Å². The van der Waals surface area contributed by atoms with Gasteiger partial charge in [0.05, 0.1) is 34.6 Å². The van der Waals surface area contributed by atoms with Gasteiger partial charge in [-0.3, -0.25) is 9.88 Å². The van der Waals surface area contributed by atoms with E-state index in [-0.39, 0.29) is 35.0 Å². The molecule has 1 N–H and O–H groups in total. The highest BCUT2D eigenvalue weighted by Crippen LogP contribution is 2.43. The Balaban J connectivity index is 1.25. The van der Waals surface area contributed by atoms with Crippen molar-refractivity contribution in [1.29, 1.82) is 0 Å². The highest BCUT2D eigenvalue weighted by Gasteiger charge is 2.41. The highest BCUT2D eigenvalue weighted by atomic mass is 35.5. The van der Waals surface area contributed by atoms with Crippen molar-refractivity contribution in [2.45, 2.75) is 44.4 Å². The zero-order chi connectivity index (χ0) is 28.9. The topological polar surface area (TPSA) is 102 Å². The molecule has 3 aromatic heterocycles. The van der Waals surface area contributed by atoms with Gasteiger partial charge in [0.1, 0.15) is 12.7 Å². The van der Waals surface area contributed by atoms with E-state index in [0.29, 0.717) is 49.2 Å². The molecule has 14 heteroatoms. The summed E-state index contributed by atoms with van der Waals surface area (Å²) in [5.41, 5.74) is 0.350. The Morgan fingerprint density at radius 1 is 1.27 bits per heavy atom. The molecule has 0 unspecified atom stereocenters. The maximum atomic E-state index is 13.7. The Kier molecular flexibility index (Phi) is 6.91. The molecule has 10 nitrogen and oxygen atoms in total. The molecule has 2 bridgehead atoms. The van der Waals surface area contributed by atoms with Crippen molar-refractivity contribution in [2.24, 2.45) is 0 Å². The number of hydrogen-bond donors (Lipinski definition) is 1. The van der Waals surface area contributed by atoms with Gasteiger partial charge in [-0.2, -0.15) is 13.2 Å². The van der Waals surface area contributed by atoms with Crippen LogP contribution in [-0.4, -0.2) is 65.2 Å². The molecule has 0 aromatic carbocycles. The second kappa shape index (κ2) is 10.3. The van der Waals surface area contributed by atoms with E-state index in [1.165, 1.54) is 17.3 Å². The van der Waals surface area contributed by atoms with Crippen LogP contribution in [0.25, 0.3) is 11.3 Å². The fraction of sp³-hybridized carbons (Fsp3) is 0.407. The third-order valence-electron chi connectivity index (χ3n) is 7.06. The number of halogens is 4. The van der Waals surface area contributed by atoms with Crippen LogP contribution < -0.4 is 19.9 Å². The van der Waals surface area contributed by atoms with Gasteiger partial charge in [0, 0.05) is 49.0 Å². The quantitative estimate of drug-likeness (QED) is 0.423. The van der Waals surface area contributed by atoms with Crippen molar-refractivity contribution in [3.63, 3.8) is 0 Å². The van der Waals surface area contributed by atoms with Crippen LogP contribution in [-0.2, 0) is 15.7 Å². The molecule has 6 rings (SSSR count). The van der Waals surface area contributed by atoms with Crippen LogP contribution in [0.2, 0.25) is 5.02 Å². The zero-order valence-corrected chi connectivity index (χ0v) is 22.9. The molecule has 3 aliphatic rings. The van der Waals surface area contributed by atoms with Gasteiger partial charge in [0.15, 0.2) is 11.6 Å². The summed E-state index contributed by atoms with van der Waals surface area (Å²) in [5.74, 6) is -0.0702. The highest BCUT2D eigenvalue weighted by molar-refractivity contribution is 6.33. The molecule has 0 radical (unpaired) electrons. The van der Waals surface area contributed by atoms with Crippen LogP contribution >= 0.6 is 11.6 Å². The number of urea groups is 1. The number of fused-ring (bicyclic) bond motifs is 4. The van der Waals surface area contributed by atoms with Crippen LogP contribution in [0.3, 0.4) is 0 Å². The molecule has 216 valence electrons. The van der Waals surface area contributed by atoms with Crippen LogP contribution in [0.4, 0.5) is 35.2 Å². The molecular formula is C27H26ClF3N6O4. The molecule has 2 amide bonds. The summed E-state index contributed by atoms with van der Waals surface area (Å²) in [4.78, 5) is 29.8. The first kappa shape index (κ1) is 27.5. The summed E-state index contributed by atoms with van der Waals surface area (Å²) in [6, 6.07) is 5.16. The number of amides is 2. The van der Waals surface area contributed by atoms with E-state index >= 15 is 0 Å². The molecule has 3 aliphatic heterocycles. The van der Waals surface area contributed by atoms with Gasteiger partial charge in [-0.15, -0.1) is 0 Å². The summed E-state index contributed by atoms with van der Waals surface area (Å²) >= 11 is 6.51. The van der Waals surface area contributed by atoms with Crippen molar-refractivity contribution in [3.05, 3.63) is 53.4 Å². The number of pyridine rings is 3. The average molecular weight is 591 g/mol. The number of hydrogen-bond acceptors (Lipinski definition) is 8. The third-order valence-corrected chi connectivity index (χ3v) is 7.35. The fourth-order valence-corrected chi connectivity index (χ4v) is 5.44. The van der Waals surface area contributed by atoms with Crippen molar-refractivity contribution in [3.8, 4) is 17.1 Å². The SMILES string of the molecule is CC1(C)OC[C@@H](COc2cc(NC(=O)N3c4nc(-c5cncc(C(F)(F)F)c5)c(Cl)cc4N4CC[C@H]3C4)ccn2)O1. The number of nitrogens with one attached hydrogen (secondary N) is 1. The van der Waals surface area contributed by atoms with E-state index in [1.54, 1.807) is 18.2 Å². The first-order valence-electron chi connectivity index (χ1n) is 13.0. The minimum atomic E-state index is -4.58. The van der Waals surface area contributed by atoms with E-state index in [2.05, 4.69) is 25.2 Å². The Hall–Kier alpha value is -3.68. The lowest BCUT2D eigenvalue weighted by atomic mass is 10.1. The number of carbonyl (C=O) groups is 1. The number of nitrogens with zero attached hydrogens (tertiary/aromatic N) is 5. The molecule has 0 aliphatic carbocycles. The molecule has 2 atom stereocenters. The van der Waals surface area contributed by atoms with Crippen molar-refractivity contribution >= 4 is 34.8 Å². The minimum absolute atomic E-state index is 0.0943. The molecule has 41 heavy (non-hydrogen) atoms. The predicted octanol–water partition coefficient (Wildman–Crippen LogP) is 5.37. The monoisotopic (exact) mass is 590 g/mol. The van der Waals surface area contributed by atoms with Gasteiger partial charge >= 0.3 is 12.2 Å². The van der Waals surface area contributed by atoms with Crippen molar-refractivity contribution in [1.82, 2.24) is 15.0 Å². The number of aromatic nitrogens is 3. The van der Waals surface area contributed by atoms with Gasteiger partial charge in [0.25, 0.3) is 0 Å². The molecule has 3 aromatic rings. The van der Waals surface area contributed by atoms with Gasteiger partial charge in [0.2, 0.25) is 5.88 Å². The second-order valence-corrected chi connectivity index (χ2v) is 10.9. The predicted molar refractivity (Wildman–Crippen MR) is 144 cm³/mol. The standard InChI is InChI=1S/C27H26ClF3N6O4/c1-26(2)40-14-19(41-26)13-39-22-8-17(3-5-33-22)34-25(38)37-18-4-6-36(12-18)21-9-20(28)23(35-24(21)37)15-7-16(11-32-10-15)27(29,30)31/h3,5,7-11,18-19H,4,6,12-14H2,1-2H3,(H,33,34,38)/t18-,19+/m0/s1. The van der Waals surface area contributed by atoms with Crippen molar-refractivity contribution < 1.29 is 32.2 Å². The molecule has 0 spiro atoms. The number of ether oxygens (including phenoxy) is 3.